The highest BCUT2D eigenvalue weighted by molar-refractivity contribution is 5.74. The molecule has 1 aliphatic heterocycles. The quantitative estimate of drug-likeness (QED) is 0.627. The highest BCUT2D eigenvalue weighted by Gasteiger charge is 2.40. The number of carboxylic acid groups (broad SMARTS) is 1. The molecule has 5 nitrogen and oxygen atoms in total. The second kappa shape index (κ2) is 6.33. The molecule has 0 amide bonds. The standard InChI is InChI=1S/C12H23NO4/c1-2-3-12(11(16)17)4-6-13(7-5-12)8-10(15)9-14/h10,14-15H,2-9H2,1H3,(H,16,17). The minimum absolute atomic E-state index is 0.241. The molecule has 1 unspecified atom stereocenters. The van der Waals surface area contributed by atoms with Crippen molar-refractivity contribution in [2.45, 2.75) is 38.7 Å². The summed E-state index contributed by atoms with van der Waals surface area (Å²) in [6.07, 6.45) is 2.14. The number of aliphatic hydroxyl groups excluding tert-OH is 2. The van der Waals surface area contributed by atoms with Crippen LogP contribution in [0.15, 0.2) is 0 Å². The predicted molar refractivity (Wildman–Crippen MR) is 63.7 cm³/mol. The van der Waals surface area contributed by atoms with Crippen molar-refractivity contribution in [3.8, 4) is 0 Å². The van der Waals surface area contributed by atoms with Gasteiger partial charge in [0.25, 0.3) is 0 Å². The summed E-state index contributed by atoms with van der Waals surface area (Å²) < 4.78 is 0. The van der Waals surface area contributed by atoms with Crippen LogP contribution in [0, 0.1) is 5.41 Å². The fourth-order valence-electron chi connectivity index (χ4n) is 2.57. The molecule has 1 saturated heterocycles. The molecule has 0 spiro atoms. The van der Waals surface area contributed by atoms with E-state index in [0.29, 0.717) is 32.5 Å². The first-order valence-corrected chi connectivity index (χ1v) is 6.29. The summed E-state index contributed by atoms with van der Waals surface area (Å²) in [4.78, 5) is 13.4. The number of piperidine rings is 1. The number of rotatable bonds is 6. The minimum Gasteiger partial charge on any atom is -0.481 e. The number of carboxylic acids is 1. The van der Waals surface area contributed by atoms with Gasteiger partial charge in [-0.1, -0.05) is 13.3 Å². The van der Waals surface area contributed by atoms with Gasteiger partial charge >= 0.3 is 5.97 Å². The number of likely N-dealkylation sites (tertiary alicyclic amines) is 1. The van der Waals surface area contributed by atoms with Gasteiger partial charge in [0.15, 0.2) is 0 Å². The third-order valence-corrected chi connectivity index (χ3v) is 3.68. The van der Waals surface area contributed by atoms with Crippen LogP contribution in [0.25, 0.3) is 0 Å². The number of aliphatic hydroxyl groups is 2. The zero-order chi connectivity index (χ0) is 12.9. The maximum Gasteiger partial charge on any atom is 0.309 e. The molecule has 0 aromatic rings. The molecule has 1 rings (SSSR count). The molecule has 0 bridgehead atoms. The summed E-state index contributed by atoms with van der Waals surface area (Å²) in [5.74, 6) is -0.693. The molecule has 5 heteroatoms. The van der Waals surface area contributed by atoms with E-state index in [1.54, 1.807) is 0 Å². The highest BCUT2D eigenvalue weighted by atomic mass is 16.4. The lowest BCUT2D eigenvalue weighted by atomic mass is 9.75. The Morgan fingerprint density at radius 1 is 1.41 bits per heavy atom. The molecule has 0 radical (unpaired) electrons. The molecule has 0 aromatic carbocycles. The van der Waals surface area contributed by atoms with Crippen molar-refractivity contribution in [2.24, 2.45) is 5.41 Å². The molecule has 1 heterocycles. The van der Waals surface area contributed by atoms with Crippen LogP contribution in [-0.2, 0) is 4.79 Å². The Morgan fingerprint density at radius 2 is 2.00 bits per heavy atom. The average molecular weight is 245 g/mol. The van der Waals surface area contributed by atoms with Gasteiger partial charge in [0.05, 0.1) is 18.1 Å². The third-order valence-electron chi connectivity index (χ3n) is 3.68. The van der Waals surface area contributed by atoms with Crippen molar-refractivity contribution in [1.29, 1.82) is 0 Å². The number of hydrogen-bond donors (Lipinski definition) is 3. The van der Waals surface area contributed by atoms with Gasteiger partial charge in [-0.25, -0.2) is 0 Å². The maximum atomic E-state index is 11.3. The fourth-order valence-corrected chi connectivity index (χ4v) is 2.57. The van der Waals surface area contributed by atoms with Gasteiger partial charge in [-0.05, 0) is 32.4 Å². The molecule has 0 saturated carbocycles. The number of aliphatic carboxylic acids is 1. The van der Waals surface area contributed by atoms with Gasteiger partial charge < -0.3 is 20.2 Å². The van der Waals surface area contributed by atoms with Crippen LogP contribution in [0.1, 0.15) is 32.6 Å². The largest absolute Gasteiger partial charge is 0.481 e. The predicted octanol–water partition coefficient (Wildman–Crippen LogP) is 0.306. The molecule has 1 aliphatic rings. The topological polar surface area (TPSA) is 81.0 Å². The molecule has 100 valence electrons. The minimum atomic E-state index is -0.724. The van der Waals surface area contributed by atoms with E-state index in [4.69, 9.17) is 5.11 Å². The zero-order valence-electron chi connectivity index (χ0n) is 10.4. The summed E-state index contributed by atoms with van der Waals surface area (Å²) in [5.41, 5.74) is -0.574. The Kier molecular flexibility index (Phi) is 5.36. The first-order valence-electron chi connectivity index (χ1n) is 6.29. The van der Waals surface area contributed by atoms with Crippen LogP contribution < -0.4 is 0 Å². The number of β-amino-alcohol motifs (C(OH)–C–C–N with tert-alkyl or cyclic N) is 1. The molecule has 17 heavy (non-hydrogen) atoms. The monoisotopic (exact) mass is 245 g/mol. The van der Waals surface area contributed by atoms with Gasteiger partial charge in [-0.15, -0.1) is 0 Å². The third kappa shape index (κ3) is 3.66. The van der Waals surface area contributed by atoms with E-state index in [-0.39, 0.29) is 6.61 Å². The van der Waals surface area contributed by atoms with Crippen LogP contribution in [0.4, 0.5) is 0 Å². The number of carbonyl (C=O) groups is 1. The first kappa shape index (κ1) is 14.4. The van der Waals surface area contributed by atoms with E-state index in [9.17, 15) is 15.0 Å². The van der Waals surface area contributed by atoms with Gasteiger partial charge in [0, 0.05) is 6.54 Å². The number of hydrogen-bond acceptors (Lipinski definition) is 4. The second-order valence-corrected chi connectivity index (χ2v) is 4.97. The highest BCUT2D eigenvalue weighted by Crippen LogP contribution is 2.36. The lowest BCUT2D eigenvalue weighted by Crippen LogP contribution is -2.46. The van der Waals surface area contributed by atoms with E-state index in [2.05, 4.69) is 0 Å². The van der Waals surface area contributed by atoms with E-state index < -0.39 is 17.5 Å². The summed E-state index contributed by atoms with van der Waals surface area (Å²) in [6, 6.07) is 0. The van der Waals surface area contributed by atoms with E-state index in [0.717, 1.165) is 12.8 Å². The SMILES string of the molecule is CCCC1(C(=O)O)CCN(CC(O)CO)CC1. The maximum absolute atomic E-state index is 11.3. The molecule has 0 aliphatic carbocycles. The smallest absolute Gasteiger partial charge is 0.309 e. The fraction of sp³-hybridized carbons (Fsp3) is 0.917. The Bertz CT molecular complexity index is 249. The Labute approximate surface area is 102 Å². The molecule has 3 N–H and O–H groups in total. The van der Waals surface area contributed by atoms with E-state index >= 15 is 0 Å². The lowest BCUT2D eigenvalue weighted by molar-refractivity contribution is -0.153. The summed E-state index contributed by atoms with van der Waals surface area (Å²) in [7, 11) is 0. The van der Waals surface area contributed by atoms with Crippen molar-refractivity contribution < 1.29 is 20.1 Å². The van der Waals surface area contributed by atoms with Crippen LogP contribution in [0.3, 0.4) is 0 Å². The van der Waals surface area contributed by atoms with Gasteiger partial charge in [-0.2, -0.15) is 0 Å². The summed E-state index contributed by atoms with van der Waals surface area (Å²) in [5, 5.41) is 27.4. The summed E-state index contributed by atoms with van der Waals surface area (Å²) >= 11 is 0. The van der Waals surface area contributed by atoms with Crippen molar-refractivity contribution in [2.75, 3.05) is 26.2 Å². The molecule has 1 fully saturated rings. The van der Waals surface area contributed by atoms with Gasteiger partial charge in [-0.3, -0.25) is 4.79 Å². The Morgan fingerprint density at radius 3 is 2.41 bits per heavy atom. The van der Waals surface area contributed by atoms with Gasteiger partial charge in [0.1, 0.15) is 0 Å². The van der Waals surface area contributed by atoms with Gasteiger partial charge in [0.2, 0.25) is 0 Å². The summed E-state index contributed by atoms with van der Waals surface area (Å²) in [6.45, 7) is 3.56. The van der Waals surface area contributed by atoms with Crippen molar-refractivity contribution in [3.05, 3.63) is 0 Å². The van der Waals surface area contributed by atoms with Crippen molar-refractivity contribution >= 4 is 5.97 Å². The van der Waals surface area contributed by atoms with Crippen LogP contribution in [0.5, 0.6) is 0 Å². The molecular formula is C12H23NO4. The molecular weight excluding hydrogens is 222 g/mol. The first-order chi connectivity index (χ1) is 8.04. The van der Waals surface area contributed by atoms with Crippen LogP contribution >= 0.6 is 0 Å². The lowest BCUT2D eigenvalue weighted by Gasteiger charge is -2.39. The second-order valence-electron chi connectivity index (χ2n) is 4.97. The van der Waals surface area contributed by atoms with Crippen molar-refractivity contribution in [3.63, 3.8) is 0 Å². The Hall–Kier alpha value is -0.650. The van der Waals surface area contributed by atoms with E-state index in [1.165, 1.54) is 0 Å². The molecule has 0 aromatic heterocycles. The van der Waals surface area contributed by atoms with Crippen LogP contribution in [-0.4, -0.2) is 58.5 Å². The normalized spacial score (nSPS) is 22.3. The molecule has 1 atom stereocenters. The Balaban J connectivity index is 2.50. The zero-order valence-corrected chi connectivity index (χ0v) is 10.4. The van der Waals surface area contributed by atoms with Crippen LogP contribution in [0.2, 0.25) is 0 Å². The average Bonchev–Trinajstić information content (AvgIpc) is 2.31. The van der Waals surface area contributed by atoms with Crippen molar-refractivity contribution in [1.82, 2.24) is 4.90 Å². The number of nitrogens with zero attached hydrogens (tertiary/aromatic N) is 1. The van der Waals surface area contributed by atoms with E-state index in [1.807, 2.05) is 11.8 Å².